The lowest BCUT2D eigenvalue weighted by Crippen LogP contribution is -2.28. The summed E-state index contributed by atoms with van der Waals surface area (Å²) in [5.41, 5.74) is 0. The van der Waals surface area contributed by atoms with Crippen LogP contribution in [0.4, 0.5) is 11.9 Å². The fourth-order valence-electron chi connectivity index (χ4n) is 1.59. The molecule has 0 fully saturated rings. The van der Waals surface area contributed by atoms with Gasteiger partial charge in [0.15, 0.2) is 0 Å². The number of ether oxygens (including phenoxy) is 1. The molecule has 0 saturated carbocycles. The third kappa shape index (κ3) is 4.80. The molecule has 108 valence electrons. The maximum atomic E-state index is 5.97. The molecule has 1 heterocycles. The smallest absolute Gasteiger partial charge is 0.231 e. The van der Waals surface area contributed by atoms with Gasteiger partial charge in [0, 0.05) is 33.3 Å². The molecule has 0 aliphatic carbocycles. The van der Waals surface area contributed by atoms with E-state index in [1.807, 2.05) is 23.8 Å². The molecule has 0 amide bonds. The van der Waals surface area contributed by atoms with Gasteiger partial charge in [-0.15, -0.1) is 0 Å². The number of nitrogens with zero attached hydrogens (tertiary/aromatic N) is 5. The van der Waals surface area contributed by atoms with E-state index in [9.17, 15) is 0 Å². The minimum atomic E-state index is 0.218. The minimum absolute atomic E-state index is 0.218. The summed E-state index contributed by atoms with van der Waals surface area (Å²) in [5, 5.41) is 0.218. The first-order valence-corrected chi connectivity index (χ1v) is 6.95. The molecule has 0 atom stereocenters. The number of hydrogen-bond acceptors (Lipinski definition) is 6. The quantitative estimate of drug-likeness (QED) is 0.680. The van der Waals surface area contributed by atoms with Gasteiger partial charge in [0.25, 0.3) is 0 Å². The summed E-state index contributed by atoms with van der Waals surface area (Å²) >= 11 is 5.97. The van der Waals surface area contributed by atoms with Gasteiger partial charge in [0.05, 0.1) is 6.61 Å². The second-order valence-electron chi connectivity index (χ2n) is 4.00. The molecule has 7 heteroatoms. The predicted molar refractivity (Wildman–Crippen MR) is 78.2 cm³/mol. The molecular weight excluding hydrogens is 266 g/mol. The van der Waals surface area contributed by atoms with Crippen molar-refractivity contribution in [2.75, 3.05) is 49.7 Å². The van der Waals surface area contributed by atoms with Crippen molar-refractivity contribution in [2.24, 2.45) is 0 Å². The van der Waals surface area contributed by atoms with E-state index in [0.717, 1.165) is 13.1 Å². The molecule has 0 aliphatic rings. The maximum Gasteiger partial charge on any atom is 0.231 e. The summed E-state index contributed by atoms with van der Waals surface area (Å²) in [4.78, 5) is 16.7. The molecule has 1 aromatic heterocycles. The average Bonchev–Trinajstić information content (AvgIpc) is 2.39. The third-order valence-electron chi connectivity index (χ3n) is 2.75. The van der Waals surface area contributed by atoms with E-state index in [0.29, 0.717) is 31.7 Å². The van der Waals surface area contributed by atoms with Crippen molar-refractivity contribution in [3.8, 4) is 0 Å². The van der Waals surface area contributed by atoms with Crippen LogP contribution in [0.2, 0.25) is 5.28 Å². The van der Waals surface area contributed by atoms with Gasteiger partial charge < -0.3 is 14.5 Å². The average molecular weight is 288 g/mol. The Bertz CT molecular complexity index is 386. The van der Waals surface area contributed by atoms with Gasteiger partial charge in [-0.05, 0) is 32.4 Å². The highest BCUT2D eigenvalue weighted by Crippen LogP contribution is 2.15. The summed E-state index contributed by atoms with van der Waals surface area (Å²) in [6, 6.07) is 0. The van der Waals surface area contributed by atoms with E-state index in [1.54, 1.807) is 0 Å². The van der Waals surface area contributed by atoms with Crippen LogP contribution in [0.3, 0.4) is 0 Å². The number of halogens is 1. The van der Waals surface area contributed by atoms with Crippen LogP contribution in [0.15, 0.2) is 0 Å². The van der Waals surface area contributed by atoms with E-state index in [2.05, 4.69) is 28.8 Å². The number of hydrogen-bond donors (Lipinski definition) is 0. The Morgan fingerprint density at radius 1 is 1.05 bits per heavy atom. The fraction of sp³-hybridized carbons (Fsp3) is 0.750. The highest BCUT2D eigenvalue weighted by molar-refractivity contribution is 6.28. The lowest BCUT2D eigenvalue weighted by molar-refractivity contribution is 0.154. The normalized spacial score (nSPS) is 10.6. The molecule has 0 bridgehead atoms. The van der Waals surface area contributed by atoms with Crippen molar-refractivity contribution < 1.29 is 4.74 Å². The van der Waals surface area contributed by atoms with Crippen LogP contribution in [0.5, 0.6) is 0 Å². The Morgan fingerprint density at radius 2 is 1.68 bits per heavy atom. The number of likely N-dealkylation sites (N-methyl/N-ethyl adjacent to an activating group) is 1. The summed E-state index contributed by atoms with van der Waals surface area (Å²) in [6.07, 6.45) is 0. The largest absolute Gasteiger partial charge is 0.380 e. The Labute approximate surface area is 119 Å². The van der Waals surface area contributed by atoms with Gasteiger partial charge in [-0.1, -0.05) is 0 Å². The topological polar surface area (TPSA) is 54.4 Å². The van der Waals surface area contributed by atoms with Crippen molar-refractivity contribution in [3.63, 3.8) is 0 Å². The molecule has 1 aromatic rings. The zero-order valence-electron chi connectivity index (χ0n) is 12.1. The molecule has 0 aliphatic heterocycles. The number of rotatable bonds is 8. The zero-order chi connectivity index (χ0) is 14.3. The molecular formula is C12H22ClN5O. The van der Waals surface area contributed by atoms with Gasteiger partial charge >= 0.3 is 0 Å². The molecule has 0 radical (unpaired) electrons. The van der Waals surface area contributed by atoms with Crippen LogP contribution < -0.4 is 9.80 Å². The molecule has 19 heavy (non-hydrogen) atoms. The molecule has 1 rings (SSSR count). The van der Waals surface area contributed by atoms with Crippen LogP contribution in [0.25, 0.3) is 0 Å². The van der Waals surface area contributed by atoms with E-state index >= 15 is 0 Å². The van der Waals surface area contributed by atoms with E-state index in [4.69, 9.17) is 16.3 Å². The zero-order valence-corrected chi connectivity index (χ0v) is 12.8. The fourth-order valence-corrected chi connectivity index (χ4v) is 1.75. The van der Waals surface area contributed by atoms with E-state index in [1.165, 1.54) is 0 Å². The lowest BCUT2D eigenvalue weighted by atomic mass is 10.5. The lowest BCUT2D eigenvalue weighted by Gasteiger charge is -2.21. The molecule has 0 unspecified atom stereocenters. The van der Waals surface area contributed by atoms with Gasteiger partial charge in [0.2, 0.25) is 17.2 Å². The first kappa shape index (κ1) is 15.9. The van der Waals surface area contributed by atoms with Crippen molar-refractivity contribution in [3.05, 3.63) is 5.28 Å². The Kier molecular flexibility index (Phi) is 6.80. The first-order chi connectivity index (χ1) is 9.12. The summed E-state index contributed by atoms with van der Waals surface area (Å²) < 4.78 is 5.32. The predicted octanol–water partition coefficient (Wildman–Crippen LogP) is 1.84. The number of aromatic nitrogens is 3. The third-order valence-corrected chi connectivity index (χ3v) is 2.92. The first-order valence-electron chi connectivity index (χ1n) is 6.57. The van der Waals surface area contributed by atoms with Gasteiger partial charge in [0.1, 0.15) is 0 Å². The second-order valence-corrected chi connectivity index (χ2v) is 4.33. The molecule has 0 spiro atoms. The SMILES string of the molecule is CCOCCN(C)c1nc(Cl)nc(N(CC)CC)n1. The second kappa shape index (κ2) is 8.12. The van der Waals surface area contributed by atoms with E-state index < -0.39 is 0 Å². The van der Waals surface area contributed by atoms with Crippen LogP contribution >= 0.6 is 11.6 Å². The van der Waals surface area contributed by atoms with Gasteiger partial charge in [-0.3, -0.25) is 0 Å². The van der Waals surface area contributed by atoms with Crippen molar-refractivity contribution in [1.29, 1.82) is 0 Å². The van der Waals surface area contributed by atoms with Crippen molar-refractivity contribution >= 4 is 23.5 Å². The van der Waals surface area contributed by atoms with Crippen LogP contribution in [-0.4, -0.2) is 54.8 Å². The maximum absolute atomic E-state index is 5.97. The van der Waals surface area contributed by atoms with Crippen molar-refractivity contribution in [1.82, 2.24) is 15.0 Å². The van der Waals surface area contributed by atoms with Crippen LogP contribution in [0.1, 0.15) is 20.8 Å². The van der Waals surface area contributed by atoms with Crippen LogP contribution in [0, 0.1) is 0 Å². The standard InChI is InChI=1S/C12H22ClN5O/c1-5-18(6-2)12-15-10(13)14-11(16-12)17(4)8-9-19-7-3/h5-9H2,1-4H3. The molecule has 6 nitrogen and oxygen atoms in total. The summed E-state index contributed by atoms with van der Waals surface area (Å²) in [7, 11) is 1.91. The minimum Gasteiger partial charge on any atom is -0.380 e. The van der Waals surface area contributed by atoms with Gasteiger partial charge in [-0.25, -0.2) is 0 Å². The Hall–Kier alpha value is -1.14. The van der Waals surface area contributed by atoms with Crippen molar-refractivity contribution in [2.45, 2.75) is 20.8 Å². The molecule has 0 N–H and O–H groups in total. The highest BCUT2D eigenvalue weighted by atomic mass is 35.5. The molecule has 0 aromatic carbocycles. The molecule has 0 saturated heterocycles. The highest BCUT2D eigenvalue weighted by Gasteiger charge is 2.12. The Balaban J connectivity index is 2.83. The monoisotopic (exact) mass is 287 g/mol. The Morgan fingerprint density at radius 3 is 2.26 bits per heavy atom. The van der Waals surface area contributed by atoms with E-state index in [-0.39, 0.29) is 5.28 Å². The number of anilines is 2. The summed E-state index contributed by atoms with van der Waals surface area (Å²) in [6.45, 7) is 9.80. The van der Waals surface area contributed by atoms with Gasteiger partial charge in [-0.2, -0.15) is 15.0 Å². The van der Waals surface area contributed by atoms with Crippen LogP contribution in [-0.2, 0) is 4.74 Å². The summed E-state index contributed by atoms with van der Waals surface area (Å²) in [5.74, 6) is 1.19.